The zero-order valence-electron chi connectivity index (χ0n) is 7.99. The fraction of sp³-hybridized carbons (Fsp3) is 0. The van der Waals surface area contributed by atoms with Gasteiger partial charge in [0.05, 0.1) is 4.88 Å². The molecule has 0 unspecified atom stereocenters. The van der Waals surface area contributed by atoms with Gasteiger partial charge < -0.3 is 5.73 Å². The molecule has 6 heteroatoms. The van der Waals surface area contributed by atoms with Crippen LogP contribution in [0.15, 0.2) is 24.3 Å². The highest BCUT2D eigenvalue weighted by atomic mass is 32.1. The number of primary amides is 1. The molecule has 0 atom stereocenters. The third-order valence-corrected chi connectivity index (χ3v) is 3.04. The van der Waals surface area contributed by atoms with Gasteiger partial charge in [-0.15, -0.1) is 11.3 Å². The molecule has 0 saturated heterocycles. The predicted molar refractivity (Wildman–Crippen MR) is 58.8 cm³/mol. The van der Waals surface area contributed by atoms with E-state index in [0.29, 0.717) is 9.58 Å². The Bertz CT molecular complexity index is 579. The molecule has 3 amide bonds. The van der Waals surface area contributed by atoms with Gasteiger partial charge in [-0.1, -0.05) is 6.07 Å². The Kier molecular flexibility index (Phi) is 2.57. The Morgan fingerprint density at radius 1 is 1.31 bits per heavy atom. The van der Waals surface area contributed by atoms with Gasteiger partial charge in [0.15, 0.2) is 0 Å². The van der Waals surface area contributed by atoms with Crippen molar-refractivity contribution in [2.45, 2.75) is 0 Å². The number of nitrogens with one attached hydrogen (secondary N) is 1. The molecule has 0 radical (unpaired) electrons. The maximum absolute atomic E-state index is 12.9. The fourth-order valence-corrected chi connectivity index (χ4v) is 2.27. The number of urea groups is 1. The molecular formula is C10H7FN2O2S. The van der Waals surface area contributed by atoms with Gasteiger partial charge in [-0.05, 0) is 23.6 Å². The monoisotopic (exact) mass is 238 g/mol. The number of hydrogen-bond donors (Lipinski definition) is 2. The molecule has 16 heavy (non-hydrogen) atoms. The maximum atomic E-state index is 12.9. The summed E-state index contributed by atoms with van der Waals surface area (Å²) in [5.74, 6) is -0.940. The Hall–Kier alpha value is -1.95. The second kappa shape index (κ2) is 3.90. The molecule has 0 aliphatic carbocycles. The average Bonchev–Trinajstić information content (AvgIpc) is 2.59. The van der Waals surface area contributed by atoms with Crippen LogP contribution in [0.4, 0.5) is 9.18 Å². The number of carbonyl (C=O) groups is 2. The van der Waals surface area contributed by atoms with Crippen molar-refractivity contribution in [2.24, 2.45) is 5.73 Å². The van der Waals surface area contributed by atoms with Gasteiger partial charge in [-0.2, -0.15) is 0 Å². The molecule has 2 rings (SSSR count). The van der Waals surface area contributed by atoms with Crippen LogP contribution in [0.3, 0.4) is 0 Å². The lowest BCUT2D eigenvalue weighted by Crippen LogP contribution is -2.34. The van der Waals surface area contributed by atoms with Crippen molar-refractivity contribution in [3.63, 3.8) is 0 Å². The highest BCUT2D eigenvalue weighted by molar-refractivity contribution is 7.20. The predicted octanol–water partition coefficient (Wildman–Crippen LogP) is 1.85. The van der Waals surface area contributed by atoms with Crippen LogP contribution in [0.1, 0.15) is 9.67 Å². The van der Waals surface area contributed by atoms with E-state index in [1.54, 1.807) is 12.1 Å². The smallest absolute Gasteiger partial charge is 0.319 e. The lowest BCUT2D eigenvalue weighted by molar-refractivity contribution is 0.0970. The molecule has 0 saturated carbocycles. The highest BCUT2D eigenvalue weighted by Gasteiger charge is 2.11. The minimum absolute atomic E-state index is 0.319. The quantitative estimate of drug-likeness (QED) is 0.795. The summed E-state index contributed by atoms with van der Waals surface area (Å²) in [5.41, 5.74) is 4.82. The lowest BCUT2D eigenvalue weighted by Gasteiger charge is -1.94. The molecular weight excluding hydrogens is 231 g/mol. The minimum Gasteiger partial charge on any atom is -0.351 e. The van der Waals surface area contributed by atoms with E-state index in [1.807, 2.05) is 5.32 Å². The summed E-state index contributed by atoms with van der Waals surface area (Å²) in [5, 5.41) is 2.70. The van der Waals surface area contributed by atoms with Crippen LogP contribution in [0.2, 0.25) is 0 Å². The number of thiophene rings is 1. The van der Waals surface area contributed by atoms with Crippen molar-refractivity contribution in [3.8, 4) is 0 Å². The van der Waals surface area contributed by atoms with Gasteiger partial charge in [0.25, 0.3) is 5.91 Å². The first-order valence-corrected chi connectivity index (χ1v) is 5.18. The normalized spacial score (nSPS) is 10.3. The number of imide groups is 1. The van der Waals surface area contributed by atoms with Crippen LogP contribution in [0, 0.1) is 5.82 Å². The van der Waals surface area contributed by atoms with E-state index in [0.717, 1.165) is 16.7 Å². The molecule has 1 aromatic heterocycles. The summed E-state index contributed by atoms with van der Waals surface area (Å²) in [6.45, 7) is 0. The highest BCUT2D eigenvalue weighted by Crippen LogP contribution is 2.26. The van der Waals surface area contributed by atoms with E-state index < -0.39 is 11.9 Å². The van der Waals surface area contributed by atoms with Gasteiger partial charge >= 0.3 is 6.03 Å². The number of hydrogen-bond acceptors (Lipinski definition) is 3. The second-order valence-corrected chi connectivity index (χ2v) is 4.19. The number of rotatable bonds is 1. The van der Waals surface area contributed by atoms with E-state index in [-0.39, 0.29) is 5.82 Å². The van der Waals surface area contributed by atoms with Gasteiger partial charge in [0, 0.05) is 4.70 Å². The summed E-state index contributed by atoms with van der Waals surface area (Å²) in [7, 11) is 0. The largest absolute Gasteiger partial charge is 0.351 e. The van der Waals surface area contributed by atoms with E-state index in [2.05, 4.69) is 0 Å². The Morgan fingerprint density at radius 3 is 2.75 bits per heavy atom. The number of nitrogens with two attached hydrogens (primary N) is 1. The molecule has 2 aromatic rings. The summed E-state index contributed by atoms with van der Waals surface area (Å²) in [6, 6.07) is 4.89. The van der Waals surface area contributed by atoms with Crippen LogP contribution in [0.5, 0.6) is 0 Å². The molecule has 3 N–H and O–H groups in total. The fourth-order valence-electron chi connectivity index (χ4n) is 1.29. The van der Waals surface area contributed by atoms with Gasteiger partial charge in [0.1, 0.15) is 5.82 Å². The molecule has 0 fully saturated rings. The van der Waals surface area contributed by atoms with Crippen molar-refractivity contribution >= 4 is 33.4 Å². The molecule has 0 aliphatic heterocycles. The summed E-state index contributed by atoms with van der Waals surface area (Å²) in [4.78, 5) is 22.2. The third kappa shape index (κ3) is 2.01. The van der Waals surface area contributed by atoms with E-state index >= 15 is 0 Å². The number of carbonyl (C=O) groups excluding carboxylic acids is 2. The molecule has 0 spiro atoms. The van der Waals surface area contributed by atoms with Gasteiger partial charge in [0.2, 0.25) is 0 Å². The van der Waals surface area contributed by atoms with Crippen LogP contribution in [-0.2, 0) is 0 Å². The summed E-state index contributed by atoms with van der Waals surface area (Å²) < 4.78 is 13.5. The van der Waals surface area contributed by atoms with Crippen LogP contribution < -0.4 is 11.1 Å². The number of fused-ring (bicyclic) bond motifs is 1. The molecule has 0 bridgehead atoms. The average molecular weight is 238 g/mol. The number of amides is 3. The third-order valence-electron chi connectivity index (χ3n) is 1.94. The lowest BCUT2D eigenvalue weighted by atomic mass is 10.2. The van der Waals surface area contributed by atoms with E-state index in [9.17, 15) is 14.0 Å². The van der Waals surface area contributed by atoms with E-state index in [1.165, 1.54) is 12.1 Å². The standard InChI is InChI=1S/C10H7FN2O2S/c11-6-2-1-5-3-8(16-7(5)4-6)9(14)13-10(12)15/h1-4H,(H3,12,13,14,15). The summed E-state index contributed by atoms with van der Waals surface area (Å²) in [6.07, 6.45) is 0. The topological polar surface area (TPSA) is 72.2 Å². The van der Waals surface area contributed by atoms with E-state index in [4.69, 9.17) is 5.73 Å². The first-order chi connectivity index (χ1) is 7.56. The zero-order chi connectivity index (χ0) is 11.7. The van der Waals surface area contributed by atoms with Crippen LogP contribution in [0.25, 0.3) is 10.1 Å². The SMILES string of the molecule is NC(=O)NC(=O)c1cc2ccc(F)cc2s1. The van der Waals surface area contributed by atoms with Crippen molar-refractivity contribution in [2.75, 3.05) is 0 Å². The molecule has 1 aromatic carbocycles. The Labute approximate surface area is 93.9 Å². The number of benzene rings is 1. The van der Waals surface area contributed by atoms with Crippen molar-refractivity contribution in [1.29, 1.82) is 0 Å². The second-order valence-electron chi connectivity index (χ2n) is 3.11. The first kappa shape index (κ1) is 10.6. The van der Waals surface area contributed by atoms with Gasteiger partial charge in [-0.3, -0.25) is 10.1 Å². The minimum atomic E-state index is -0.909. The van der Waals surface area contributed by atoms with Crippen LogP contribution >= 0.6 is 11.3 Å². The molecule has 82 valence electrons. The zero-order valence-corrected chi connectivity index (χ0v) is 8.81. The van der Waals surface area contributed by atoms with Crippen molar-refractivity contribution in [1.82, 2.24) is 5.32 Å². The summed E-state index contributed by atoms with van der Waals surface area (Å²) >= 11 is 1.10. The first-order valence-electron chi connectivity index (χ1n) is 4.36. The molecule has 4 nitrogen and oxygen atoms in total. The van der Waals surface area contributed by atoms with Crippen LogP contribution in [-0.4, -0.2) is 11.9 Å². The van der Waals surface area contributed by atoms with Crippen molar-refractivity contribution in [3.05, 3.63) is 35.0 Å². The number of halogens is 1. The maximum Gasteiger partial charge on any atom is 0.319 e. The molecule has 0 aliphatic rings. The Morgan fingerprint density at radius 2 is 2.06 bits per heavy atom. The Balaban J connectivity index is 2.39. The van der Waals surface area contributed by atoms with Gasteiger partial charge in [-0.25, -0.2) is 9.18 Å². The molecule has 1 heterocycles. The van der Waals surface area contributed by atoms with Crippen molar-refractivity contribution < 1.29 is 14.0 Å².